The molecule has 170 valence electrons. The van der Waals surface area contributed by atoms with Crippen molar-refractivity contribution >= 4 is 61.0 Å². The number of amides is 2. The highest BCUT2D eigenvalue weighted by Gasteiger charge is 2.31. The van der Waals surface area contributed by atoms with Gasteiger partial charge in [-0.3, -0.25) is 9.80 Å². The third kappa shape index (κ3) is 3.97. The molecular formula is C20H17FN6O3S3. The van der Waals surface area contributed by atoms with Crippen LogP contribution in [0.4, 0.5) is 20.0 Å². The number of anilines is 2. The number of carbonyl (C=O) groups excluding carboxylic acids is 1. The summed E-state index contributed by atoms with van der Waals surface area (Å²) in [6, 6.07) is 9.65. The topological polar surface area (TPSA) is 122 Å². The fourth-order valence-corrected chi connectivity index (χ4v) is 6.29. The first-order valence-corrected chi connectivity index (χ1v) is 12.9. The highest BCUT2D eigenvalue weighted by molar-refractivity contribution is 7.91. The number of urea groups is 1. The van der Waals surface area contributed by atoms with Crippen LogP contribution >= 0.6 is 23.1 Å². The van der Waals surface area contributed by atoms with Crippen LogP contribution in [0.1, 0.15) is 12.1 Å². The standard InChI is InChI=1S/C20H17FN6O3S3/c1-11-18(33(22,29)30)31-19(23-11)27-8-2-7-26(20(27)28)14-5-3-12(4-6-14)15-9-13(21)10-16-17(15)25-32-24-16/h3-6,9-10H,2,7-8H2,1H3,(H2,22,29,30). The minimum Gasteiger partial charge on any atom is -0.294 e. The second-order valence-electron chi connectivity index (χ2n) is 7.49. The van der Waals surface area contributed by atoms with Gasteiger partial charge in [-0.15, -0.1) is 0 Å². The maximum atomic E-state index is 14.0. The minimum atomic E-state index is -3.91. The Morgan fingerprint density at radius 1 is 1.09 bits per heavy atom. The molecule has 2 N–H and O–H groups in total. The van der Waals surface area contributed by atoms with Crippen LogP contribution in [-0.4, -0.2) is 41.3 Å². The quantitative estimate of drug-likeness (QED) is 0.452. The number of sulfonamides is 1. The molecule has 1 saturated heterocycles. The Bertz CT molecular complexity index is 1480. The molecule has 0 aliphatic carbocycles. The average Bonchev–Trinajstić information content (AvgIpc) is 3.40. The number of nitrogens with two attached hydrogens (primary N) is 1. The molecule has 13 heteroatoms. The predicted octanol–water partition coefficient (Wildman–Crippen LogP) is 3.75. The lowest BCUT2D eigenvalue weighted by Crippen LogP contribution is -2.49. The summed E-state index contributed by atoms with van der Waals surface area (Å²) in [5, 5.41) is 5.54. The van der Waals surface area contributed by atoms with Crippen LogP contribution in [0.2, 0.25) is 0 Å². The maximum absolute atomic E-state index is 14.0. The van der Waals surface area contributed by atoms with E-state index in [9.17, 15) is 17.6 Å². The summed E-state index contributed by atoms with van der Waals surface area (Å²) in [5.41, 5.74) is 3.44. The second kappa shape index (κ2) is 8.09. The molecular weight excluding hydrogens is 487 g/mol. The Balaban J connectivity index is 1.44. The van der Waals surface area contributed by atoms with Crippen LogP contribution < -0.4 is 14.9 Å². The van der Waals surface area contributed by atoms with Gasteiger partial charge in [-0.1, -0.05) is 23.5 Å². The molecule has 2 aromatic carbocycles. The number of rotatable bonds is 4. The van der Waals surface area contributed by atoms with Crippen LogP contribution in [0.25, 0.3) is 22.2 Å². The third-order valence-electron chi connectivity index (χ3n) is 5.27. The molecule has 1 fully saturated rings. The Hall–Kier alpha value is -3.00. The van der Waals surface area contributed by atoms with Gasteiger partial charge >= 0.3 is 6.03 Å². The lowest BCUT2D eigenvalue weighted by molar-refractivity contribution is 0.248. The first-order chi connectivity index (χ1) is 15.7. The van der Waals surface area contributed by atoms with Crippen molar-refractivity contribution in [3.63, 3.8) is 0 Å². The highest BCUT2D eigenvalue weighted by atomic mass is 32.2. The monoisotopic (exact) mass is 504 g/mol. The molecule has 33 heavy (non-hydrogen) atoms. The number of nitrogens with zero attached hydrogens (tertiary/aromatic N) is 5. The van der Waals surface area contributed by atoms with E-state index in [1.165, 1.54) is 17.0 Å². The molecule has 0 unspecified atom stereocenters. The largest absolute Gasteiger partial charge is 0.330 e. The summed E-state index contributed by atoms with van der Waals surface area (Å²) in [4.78, 5) is 20.5. The average molecular weight is 505 g/mol. The van der Waals surface area contributed by atoms with Crippen molar-refractivity contribution in [2.24, 2.45) is 5.14 Å². The van der Waals surface area contributed by atoms with Crippen LogP contribution in [0, 0.1) is 12.7 Å². The van der Waals surface area contributed by atoms with Crippen molar-refractivity contribution in [1.29, 1.82) is 0 Å². The molecule has 4 aromatic rings. The molecule has 0 radical (unpaired) electrons. The molecule has 0 bridgehead atoms. The van der Waals surface area contributed by atoms with Gasteiger partial charge < -0.3 is 0 Å². The zero-order chi connectivity index (χ0) is 23.3. The zero-order valence-corrected chi connectivity index (χ0v) is 19.7. The summed E-state index contributed by atoms with van der Waals surface area (Å²) >= 11 is 1.91. The van der Waals surface area contributed by atoms with Gasteiger partial charge in [-0.25, -0.2) is 27.7 Å². The SMILES string of the molecule is Cc1nc(N2CCCN(c3ccc(-c4cc(F)cc5nsnc45)cc3)C2=O)sc1S(N)(=O)=O. The van der Waals surface area contributed by atoms with Gasteiger partial charge in [0.25, 0.3) is 0 Å². The first kappa shape index (κ1) is 21.8. The molecule has 5 rings (SSSR count). The maximum Gasteiger partial charge on any atom is 0.330 e. The van der Waals surface area contributed by atoms with Crippen molar-refractivity contribution in [2.45, 2.75) is 17.6 Å². The molecule has 0 atom stereocenters. The van der Waals surface area contributed by atoms with E-state index in [1.54, 1.807) is 24.0 Å². The number of halogens is 1. The molecule has 2 amide bonds. The van der Waals surface area contributed by atoms with Gasteiger partial charge in [0.1, 0.15) is 16.9 Å². The van der Waals surface area contributed by atoms with E-state index >= 15 is 0 Å². The molecule has 1 aliphatic heterocycles. The molecule has 9 nitrogen and oxygen atoms in total. The fraction of sp³-hybridized carbons (Fsp3) is 0.200. The number of aryl methyl sites for hydroxylation is 1. The fourth-order valence-electron chi connectivity index (χ4n) is 3.79. The van der Waals surface area contributed by atoms with Crippen molar-refractivity contribution in [3.05, 3.63) is 47.9 Å². The van der Waals surface area contributed by atoms with Crippen molar-refractivity contribution in [3.8, 4) is 11.1 Å². The predicted molar refractivity (Wildman–Crippen MR) is 126 cm³/mol. The summed E-state index contributed by atoms with van der Waals surface area (Å²) < 4.78 is 45.8. The Labute approximate surface area is 196 Å². The number of hydrogen-bond acceptors (Lipinski definition) is 8. The van der Waals surface area contributed by atoms with Crippen molar-refractivity contribution in [2.75, 3.05) is 22.9 Å². The Morgan fingerprint density at radius 2 is 1.82 bits per heavy atom. The number of aromatic nitrogens is 3. The third-order valence-corrected chi connectivity index (χ3v) is 8.55. The molecule has 1 aliphatic rings. The molecule has 3 heterocycles. The van der Waals surface area contributed by atoms with E-state index < -0.39 is 15.8 Å². The zero-order valence-electron chi connectivity index (χ0n) is 17.2. The van der Waals surface area contributed by atoms with Gasteiger partial charge in [0.2, 0.25) is 10.0 Å². The number of primary sulfonamides is 1. The van der Waals surface area contributed by atoms with Gasteiger partial charge in [0.05, 0.1) is 17.4 Å². The smallest absolute Gasteiger partial charge is 0.294 e. The number of thiazole rings is 1. The van der Waals surface area contributed by atoms with Crippen molar-refractivity contribution < 1.29 is 17.6 Å². The normalized spacial score (nSPS) is 14.9. The molecule has 0 spiro atoms. The van der Waals surface area contributed by atoms with Crippen molar-refractivity contribution in [1.82, 2.24) is 13.7 Å². The van der Waals surface area contributed by atoms with Gasteiger partial charge in [-0.2, -0.15) is 8.75 Å². The van der Waals surface area contributed by atoms with Gasteiger partial charge in [-0.05, 0) is 37.1 Å². The minimum absolute atomic E-state index is 0.0512. The molecule has 2 aromatic heterocycles. The van der Waals surface area contributed by atoms with Crippen LogP contribution in [-0.2, 0) is 10.0 Å². The van der Waals surface area contributed by atoms with E-state index in [0.29, 0.717) is 46.9 Å². The van der Waals surface area contributed by atoms with Gasteiger partial charge in [0.15, 0.2) is 9.34 Å². The number of carbonyl (C=O) groups is 1. The summed E-state index contributed by atoms with van der Waals surface area (Å²) in [6.45, 7) is 2.47. The van der Waals surface area contributed by atoms with Crippen LogP contribution in [0.5, 0.6) is 0 Å². The van der Waals surface area contributed by atoms with E-state index in [2.05, 4.69) is 13.7 Å². The summed E-state index contributed by atoms with van der Waals surface area (Å²) in [5.74, 6) is -0.395. The second-order valence-corrected chi connectivity index (χ2v) is 10.7. The van der Waals surface area contributed by atoms with E-state index in [4.69, 9.17) is 5.14 Å². The van der Waals surface area contributed by atoms with Crippen LogP contribution in [0.15, 0.2) is 40.6 Å². The number of benzene rings is 2. The van der Waals surface area contributed by atoms with E-state index in [0.717, 1.165) is 28.6 Å². The number of hydrogen-bond donors (Lipinski definition) is 1. The van der Waals surface area contributed by atoms with Crippen LogP contribution in [0.3, 0.4) is 0 Å². The number of fused-ring (bicyclic) bond motifs is 1. The summed E-state index contributed by atoms with van der Waals surface area (Å²) in [6.07, 6.45) is 0.672. The van der Waals surface area contributed by atoms with Gasteiger partial charge in [0, 0.05) is 30.4 Å². The Kier molecular flexibility index (Phi) is 5.35. The highest BCUT2D eigenvalue weighted by Crippen LogP contribution is 2.34. The molecule has 0 saturated carbocycles. The Morgan fingerprint density at radius 3 is 2.52 bits per heavy atom. The van der Waals surface area contributed by atoms with E-state index in [1.807, 2.05) is 12.1 Å². The van der Waals surface area contributed by atoms with E-state index in [-0.39, 0.29) is 15.9 Å². The lowest BCUT2D eigenvalue weighted by Gasteiger charge is -2.34. The first-order valence-electron chi connectivity index (χ1n) is 9.84. The summed E-state index contributed by atoms with van der Waals surface area (Å²) in [7, 11) is -3.91. The lowest BCUT2D eigenvalue weighted by atomic mass is 10.0.